The lowest BCUT2D eigenvalue weighted by molar-refractivity contribution is -0.161. The molecule has 0 fully saturated rings. The van der Waals surface area contributed by atoms with Crippen molar-refractivity contribution in [3.8, 4) is 0 Å². The van der Waals surface area contributed by atoms with Crippen LogP contribution in [0.25, 0.3) is 0 Å². The molecule has 0 heterocycles. The fraction of sp³-hybridized carbons (Fsp3) is 0.933. The summed E-state index contributed by atoms with van der Waals surface area (Å²) >= 11 is 0. The summed E-state index contributed by atoms with van der Waals surface area (Å²) in [7, 11) is -9.87. The number of rotatable bonds is 58. The molecule has 0 saturated heterocycles. The van der Waals surface area contributed by atoms with E-state index in [1.165, 1.54) is 77.0 Å². The molecule has 0 rings (SSSR count). The molecule has 0 aromatic rings. The highest BCUT2D eigenvalue weighted by molar-refractivity contribution is 7.47. The Morgan fingerprint density at radius 2 is 0.582 bits per heavy atom. The second-order valence-electron chi connectivity index (χ2n) is 23.2. The van der Waals surface area contributed by atoms with Crippen molar-refractivity contribution < 1.29 is 80.2 Å². The minimum absolute atomic E-state index is 0.101. The van der Waals surface area contributed by atoms with E-state index in [1.54, 1.807) is 0 Å². The molecule has 0 radical (unpaired) electrons. The molecule has 0 aliphatic rings. The average Bonchev–Trinajstić information content (AvgIpc) is 3.39. The monoisotopic (exact) mass is 1170 g/mol. The van der Waals surface area contributed by atoms with E-state index in [-0.39, 0.29) is 25.7 Å². The molecule has 468 valence electrons. The van der Waals surface area contributed by atoms with Crippen LogP contribution in [0.2, 0.25) is 0 Å². The molecule has 2 unspecified atom stereocenters. The molecule has 0 aromatic carbocycles. The van der Waals surface area contributed by atoms with Crippen LogP contribution in [0, 0.1) is 17.8 Å². The zero-order valence-corrected chi connectivity index (χ0v) is 52.6. The van der Waals surface area contributed by atoms with Crippen molar-refractivity contribution in [1.29, 1.82) is 0 Å². The van der Waals surface area contributed by atoms with E-state index in [9.17, 15) is 43.2 Å². The highest BCUT2D eigenvalue weighted by Gasteiger charge is 2.30. The molecular weight excluding hydrogens is 1050 g/mol. The summed E-state index contributed by atoms with van der Waals surface area (Å²) in [6.45, 7) is 11.5. The number of aliphatic hydroxyl groups is 1. The molecular formula is C60H116O17P2. The average molecular weight is 1170 g/mol. The predicted molar refractivity (Wildman–Crippen MR) is 312 cm³/mol. The quantitative estimate of drug-likeness (QED) is 0.0222. The Hall–Kier alpha value is -1.94. The molecule has 0 aliphatic heterocycles. The van der Waals surface area contributed by atoms with Gasteiger partial charge >= 0.3 is 39.5 Å². The van der Waals surface area contributed by atoms with E-state index in [0.29, 0.717) is 37.5 Å². The number of carbonyl (C=O) groups is 4. The van der Waals surface area contributed by atoms with Crippen molar-refractivity contribution >= 4 is 39.5 Å². The van der Waals surface area contributed by atoms with Gasteiger partial charge in [-0.1, -0.05) is 235 Å². The summed E-state index contributed by atoms with van der Waals surface area (Å²) in [6, 6.07) is 0. The standard InChI is InChI=1S/C60H116O17P2/c1-8-9-10-11-17-27-34-41-57(62)70-47-56(77-60(65)44-37-30-23-21-26-33-40-53(6)7)50-75-79(68,69)73-46-54(61)45-72-78(66,67)74-49-55(48-71-58(63)42-35-28-22-20-25-32-39-52(4)5)76-59(64)43-36-29-19-16-14-12-13-15-18-24-31-38-51(2)3/h51-56,61H,8-50H2,1-7H3,(H,66,67)(H,68,69)/t54-,55-,56-/m1/s1. The first kappa shape index (κ1) is 77.1. The minimum Gasteiger partial charge on any atom is -0.462 e. The van der Waals surface area contributed by atoms with Gasteiger partial charge in [0, 0.05) is 25.7 Å². The molecule has 0 aliphatic carbocycles. The molecule has 0 saturated carbocycles. The zero-order chi connectivity index (χ0) is 58.8. The Balaban J connectivity index is 5.21. The van der Waals surface area contributed by atoms with E-state index in [0.717, 1.165) is 115 Å². The van der Waals surface area contributed by atoms with Gasteiger partial charge in [-0.2, -0.15) is 0 Å². The van der Waals surface area contributed by atoms with Gasteiger partial charge in [0.2, 0.25) is 0 Å². The number of esters is 4. The fourth-order valence-electron chi connectivity index (χ4n) is 8.77. The number of phosphoric ester groups is 2. The second kappa shape index (κ2) is 51.7. The largest absolute Gasteiger partial charge is 0.472 e. The van der Waals surface area contributed by atoms with Gasteiger partial charge in [-0.15, -0.1) is 0 Å². The van der Waals surface area contributed by atoms with Gasteiger partial charge in [0.05, 0.1) is 26.4 Å². The maximum atomic E-state index is 12.9. The van der Waals surface area contributed by atoms with Gasteiger partial charge in [-0.3, -0.25) is 37.3 Å². The van der Waals surface area contributed by atoms with Crippen LogP contribution in [0.3, 0.4) is 0 Å². The van der Waals surface area contributed by atoms with Crippen LogP contribution in [0.5, 0.6) is 0 Å². The number of ether oxygens (including phenoxy) is 4. The lowest BCUT2D eigenvalue weighted by atomic mass is 10.0. The third kappa shape index (κ3) is 55.0. The molecule has 19 heteroatoms. The zero-order valence-electron chi connectivity index (χ0n) is 50.8. The van der Waals surface area contributed by atoms with Crippen molar-refractivity contribution in [1.82, 2.24) is 0 Å². The van der Waals surface area contributed by atoms with E-state index in [1.807, 2.05) is 0 Å². The summed E-state index contributed by atoms with van der Waals surface area (Å²) in [5.41, 5.74) is 0. The summed E-state index contributed by atoms with van der Waals surface area (Å²) in [6.07, 6.45) is 31.2. The molecule has 79 heavy (non-hydrogen) atoms. The first-order valence-electron chi connectivity index (χ1n) is 31.3. The first-order valence-corrected chi connectivity index (χ1v) is 34.3. The second-order valence-corrected chi connectivity index (χ2v) is 26.1. The Morgan fingerprint density at radius 3 is 0.861 bits per heavy atom. The smallest absolute Gasteiger partial charge is 0.462 e. The molecule has 0 aromatic heterocycles. The van der Waals surface area contributed by atoms with Crippen molar-refractivity contribution in [3.63, 3.8) is 0 Å². The number of hydrogen-bond acceptors (Lipinski definition) is 15. The van der Waals surface area contributed by atoms with Crippen LogP contribution < -0.4 is 0 Å². The summed E-state index contributed by atoms with van der Waals surface area (Å²) in [5.74, 6) is -0.0369. The van der Waals surface area contributed by atoms with Crippen LogP contribution in [-0.4, -0.2) is 96.7 Å². The molecule has 5 atom stereocenters. The van der Waals surface area contributed by atoms with Gasteiger partial charge in [0.25, 0.3) is 0 Å². The molecule has 0 amide bonds. The third-order valence-electron chi connectivity index (χ3n) is 13.6. The first-order chi connectivity index (χ1) is 37.7. The molecule has 0 spiro atoms. The Morgan fingerprint density at radius 1 is 0.342 bits per heavy atom. The van der Waals surface area contributed by atoms with Crippen molar-refractivity contribution in [2.75, 3.05) is 39.6 Å². The van der Waals surface area contributed by atoms with Crippen molar-refractivity contribution in [3.05, 3.63) is 0 Å². The highest BCUT2D eigenvalue weighted by Crippen LogP contribution is 2.45. The van der Waals surface area contributed by atoms with Gasteiger partial charge in [0.1, 0.15) is 19.3 Å². The highest BCUT2D eigenvalue weighted by atomic mass is 31.2. The third-order valence-corrected chi connectivity index (χ3v) is 15.5. The topological polar surface area (TPSA) is 237 Å². The number of unbranched alkanes of at least 4 members (excludes halogenated alkanes) is 26. The van der Waals surface area contributed by atoms with Gasteiger partial charge in [0.15, 0.2) is 12.2 Å². The summed E-state index contributed by atoms with van der Waals surface area (Å²) in [4.78, 5) is 71.8. The van der Waals surface area contributed by atoms with E-state index in [4.69, 9.17) is 37.0 Å². The van der Waals surface area contributed by atoms with E-state index < -0.39 is 97.5 Å². The number of hydrogen-bond donors (Lipinski definition) is 3. The Bertz CT molecular complexity index is 1580. The SMILES string of the molecule is CCCCCCCCCC(=O)OC[C@H](COP(=O)(O)OC[C@H](O)COP(=O)(O)OC[C@@H](COC(=O)CCCCCCCCC(C)C)OC(=O)CCCCCCCCCCCCCC(C)C)OC(=O)CCCCCCCCC(C)C. The predicted octanol–water partition coefficient (Wildman–Crippen LogP) is 15.9. The summed E-state index contributed by atoms with van der Waals surface area (Å²) in [5, 5.41) is 10.5. The molecule has 0 bridgehead atoms. The number of aliphatic hydroxyl groups excluding tert-OH is 1. The van der Waals surface area contributed by atoms with Crippen LogP contribution in [0.4, 0.5) is 0 Å². The summed E-state index contributed by atoms with van der Waals surface area (Å²) < 4.78 is 67.7. The van der Waals surface area contributed by atoms with Crippen LogP contribution in [0.1, 0.15) is 286 Å². The number of carbonyl (C=O) groups excluding carboxylic acids is 4. The van der Waals surface area contributed by atoms with E-state index >= 15 is 0 Å². The van der Waals surface area contributed by atoms with Crippen molar-refractivity contribution in [2.24, 2.45) is 17.8 Å². The fourth-order valence-corrected chi connectivity index (χ4v) is 10.4. The maximum Gasteiger partial charge on any atom is 0.472 e. The number of phosphoric acid groups is 2. The minimum atomic E-state index is -4.94. The molecule has 3 N–H and O–H groups in total. The van der Waals surface area contributed by atoms with Gasteiger partial charge < -0.3 is 33.8 Å². The normalized spacial score (nSPS) is 14.5. The van der Waals surface area contributed by atoms with Crippen LogP contribution in [0.15, 0.2) is 0 Å². The molecule has 17 nitrogen and oxygen atoms in total. The van der Waals surface area contributed by atoms with E-state index in [2.05, 4.69) is 48.5 Å². The Labute approximate surface area is 479 Å². The van der Waals surface area contributed by atoms with Gasteiger partial charge in [-0.05, 0) is 43.4 Å². The van der Waals surface area contributed by atoms with Crippen LogP contribution >= 0.6 is 15.6 Å². The maximum absolute atomic E-state index is 12.9. The lowest BCUT2D eigenvalue weighted by Gasteiger charge is -2.21. The van der Waals surface area contributed by atoms with Gasteiger partial charge in [-0.25, -0.2) is 9.13 Å². The van der Waals surface area contributed by atoms with Crippen molar-refractivity contribution in [2.45, 2.75) is 304 Å². The Kier molecular flexibility index (Phi) is 50.4. The van der Waals surface area contributed by atoms with Crippen LogP contribution in [-0.2, 0) is 65.4 Å². The lowest BCUT2D eigenvalue weighted by Crippen LogP contribution is -2.30.